The highest BCUT2D eigenvalue weighted by molar-refractivity contribution is 5.57. The fourth-order valence-corrected chi connectivity index (χ4v) is 2.28. The molecule has 122 valence electrons. The van der Waals surface area contributed by atoms with E-state index < -0.39 is 42.2 Å². The maximum Gasteiger partial charge on any atom is 0.271 e. The van der Waals surface area contributed by atoms with Gasteiger partial charge in [0.15, 0.2) is 6.23 Å². The van der Waals surface area contributed by atoms with E-state index in [4.69, 9.17) is 9.84 Å². The first-order valence-corrected chi connectivity index (χ1v) is 6.67. The number of aryl methyl sites for hydroxylation is 1. The van der Waals surface area contributed by atoms with Crippen molar-refractivity contribution in [1.29, 1.82) is 0 Å². The molecule has 9 heteroatoms. The lowest BCUT2D eigenvalue weighted by Crippen LogP contribution is -2.40. The van der Waals surface area contributed by atoms with Crippen LogP contribution in [0.15, 0.2) is 18.2 Å². The SMILES string of the molecule is Cc1ccc([N+](=O)[O-])cc1N[C@@H]1O[C@@H]([C@H](O)CO)[C@@H](O)[C@@H]1O. The fourth-order valence-electron chi connectivity index (χ4n) is 2.28. The average molecular weight is 314 g/mol. The van der Waals surface area contributed by atoms with Gasteiger partial charge in [-0.1, -0.05) is 6.07 Å². The van der Waals surface area contributed by atoms with Crippen molar-refractivity contribution < 1.29 is 30.1 Å². The highest BCUT2D eigenvalue weighted by Crippen LogP contribution is 2.28. The zero-order chi connectivity index (χ0) is 16.4. The quantitative estimate of drug-likeness (QED) is 0.348. The summed E-state index contributed by atoms with van der Waals surface area (Å²) in [6, 6.07) is 4.17. The van der Waals surface area contributed by atoms with Gasteiger partial charge < -0.3 is 30.5 Å². The molecule has 1 aliphatic rings. The molecule has 22 heavy (non-hydrogen) atoms. The molecule has 5 N–H and O–H groups in total. The van der Waals surface area contributed by atoms with Crippen molar-refractivity contribution in [2.24, 2.45) is 0 Å². The molecule has 1 aromatic rings. The number of ether oxygens (including phenoxy) is 1. The van der Waals surface area contributed by atoms with Crippen molar-refractivity contribution in [2.75, 3.05) is 11.9 Å². The van der Waals surface area contributed by atoms with E-state index in [1.807, 2.05) is 0 Å². The summed E-state index contributed by atoms with van der Waals surface area (Å²) in [4.78, 5) is 10.2. The maximum absolute atomic E-state index is 10.8. The first-order chi connectivity index (χ1) is 10.3. The Bertz CT molecular complexity index is 553. The van der Waals surface area contributed by atoms with Gasteiger partial charge in [-0.25, -0.2) is 0 Å². The fraction of sp³-hybridized carbons (Fsp3) is 0.538. The van der Waals surface area contributed by atoms with E-state index in [1.165, 1.54) is 18.2 Å². The summed E-state index contributed by atoms with van der Waals surface area (Å²) < 4.78 is 5.31. The summed E-state index contributed by atoms with van der Waals surface area (Å²) in [7, 11) is 0. The van der Waals surface area contributed by atoms with Crippen molar-refractivity contribution in [3.8, 4) is 0 Å². The predicted molar refractivity (Wildman–Crippen MR) is 75.2 cm³/mol. The molecule has 9 nitrogen and oxygen atoms in total. The molecule has 2 rings (SSSR count). The normalized spacial score (nSPS) is 29.3. The van der Waals surface area contributed by atoms with Crippen LogP contribution in [0.3, 0.4) is 0 Å². The molecule has 5 atom stereocenters. The van der Waals surface area contributed by atoms with Gasteiger partial charge in [-0.05, 0) is 12.5 Å². The number of benzene rings is 1. The van der Waals surface area contributed by atoms with Crippen molar-refractivity contribution in [3.63, 3.8) is 0 Å². The van der Waals surface area contributed by atoms with E-state index >= 15 is 0 Å². The van der Waals surface area contributed by atoms with Crippen LogP contribution in [0.5, 0.6) is 0 Å². The molecule has 1 saturated heterocycles. The third-order valence-corrected chi connectivity index (χ3v) is 3.60. The molecule has 1 heterocycles. The molecule has 0 aromatic heterocycles. The Morgan fingerprint density at radius 1 is 1.41 bits per heavy atom. The summed E-state index contributed by atoms with van der Waals surface area (Å²) in [6.45, 7) is 1.08. The lowest BCUT2D eigenvalue weighted by molar-refractivity contribution is -0.384. The third-order valence-electron chi connectivity index (χ3n) is 3.60. The highest BCUT2D eigenvalue weighted by Gasteiger charge is 2.45. The van der Waals surface area contributed by atoms with Gasteiger partial charge in [0.2, 0.25) is 0 Å². The predicted octanol–water partition coefficient (Wildman–Crippen LogP) is -0.885. The average Bonchev–Trinajstić information content (AvgIpc) is 2.77. The van der Waals surface area contributed by atoms with E-state index in [2.05, 4.69) is 5.32 Å². The monoisotopic (exact) mass is 314 g/mol. The second-order valence-corrected chi connectivity index (χ2v) is 5.15. The summed E-state index contributed by atoms with van der Waals surface area (Å²) in [5.74, 6) is 0. The van der Waals surface area contributed by atoms with Gasteiger partial charge in [0.25, 0.3) is 5.69 Å². The molecule has 0 radical (unpaired) electrons. The zero-order valence-electron chi connectivity index (χ0n) is 11.8. The topological polar surface area (TPSA) is 145 Å². The Morgan fingerprint density at radius 3 is 2.68 bits per heavy atom. The number of rotatable bonds is 5. The van der Waals surface area contributed by atoms with Crippen LogP contribution in [-0.2, 0) is 4.74 Å². The zero-order valence-corrected chi connectivity index (χ0v) is 11.8. The number of nitro benzene ring substituents is 1. The van der Waals surface area contributed by atoms with Gasteiger partial charge in [0, 0.05) is 17.8 Å². The molecule has 1 aliphatic heterocycles. The van der Waals surface area contributed by atoms with Crippen LogP contribution in [0, 0.1) is 17.0 Å². The minimum atomic E-state index is -1.39. The number of nitrogens with one attached hydrogen (secondary N) is 1. The van der Waals surface area contributed by atoms with Crippen molar-refractivity contribution >= 4 is 11.4 Å². The summed E-state index contributed by atoms with van der Waals surface area (Å²) in [5.41, 5.74) is 0.916. The molecule has 0 saturated carbocycles. The molecule has 0 unspecified atom stereocenters. The summed E-state index contributed by atoms with van der Waals surface area (Å²) in [6.07, 6.45) is -6.32. The van der Waals surface area contributed by atoms with E-state index in [0.717, 1.165) is 0 Å². The Hall–Kier alpha value is -1.78. The van der Waals surface area contributed by atoms with Crippen LogP contribution in [0.25, 0.3) is 0 Å². The van der Waals surface area contributed by atoms with Gasteiger partial charge in [-0.15, -0.1) is 0 Å². The van der Waals surface area contributed by atoms with Gasteiger partial charge in [-0.2, -0.15) is 0 Å². The first-order valence-electron chi connectivity index (χ1n) is 6.67. The van der Waals surface area contributed by atoms with Crippen LogP contribution in [0.2, 0.25) is 0 Å². The van der Waals surface area contributed by atoms with Gasteiger partial charge >= 0.3 is 0 Å². The molecule has 0 bridgehead atoms. The van der Waals surface area contributed by atoms with Gasteiger partial charge in [-0.3, -0.25) is 10.1 Å². The van der Waals surface area contributed by atoms with Crippen LogP contribution >= 0.6 is 0 Å². The summed E-state index contributed by atoms with van der Waals surface area (Å²) >= 11 is 0. The molecular formula is C13H18N2O7. The van der Waals surface area contributed by atoms with Crippen molar-refractivity contribution in [3.05, 3.63) is 33.9 Å². The summed E-state index contributed by atoms with van der Waals surface area (Å²) in [5, 5.41) is 51.8. The number of nitro groups is 1. The lowest BCUT2D eigenvalue weighted by atomic mass is 10.1. The van der Waals surface area contributed by atoms with Crippen molar-refractivity contribution in [2.45, 2.75) is 37.6 Å². The first kappa shape index (κ1) is 16.6. The number of hydrogen-bond donors (Lipinski definition) is 5. The molecule has 0 aliphatic carbocycles. The second kappa shape index (κ2) is 6.55. The van der Waals surface area contributed by atoms with Crippen LogP contribution in [-0.4, -0.2) is 62.6 Å². The number of aliphatic hydroxyl groups is 4. The highest BCUT2D eigenvalue weighted by atomic mass is 16.6. The maximum atomic E-state index is 10.8. The number of anilines is 1. The standard InChI is InChI=1S/C13H18N2O7/c1-6-2-3-7(15(20)21)4-8(6)14-13-11(19)10(18)12(22-13)9(17)5-16/h2-4,9-14,16-19H,5H2,1H3/t9-,10+,11+,12+,13-/m1/s1. The Labute approximate surface area is 125 Å². The minimum absolute atomic E-state index is 0.131. The Morgan fingerprint density at radius 2 is 2.09 bits per heavy atom. The van der Waals surface area contributed by atoms with Crippen molar-refractivity contribution in [1.82, 2.24) is 0 Å². The van der Waals surface area contributed by atoms with E-state index in [1.54, 1.807) is 6.92 Å². The Kier molecular flexibility index (Phi) is 4.94. The molecule has 0 spiro atoms. The molecule has 1 fully saturated rings. The smallest absolute Gasteiger partial charge is 0.271 e. The van der Waals surface area contributed by atoms with Crippen LogP contribution < -0.4 is 5.32 Å². The molecule has 0 amide bonds. The second-order valence-electron chi connectivity index (χ2n) is 5.15. The third kappa shape index (κ3) is 3.18. The van der Waals surface area contributed by atoms with Crippen LogP contribution in [0.1, 0.15) is 5.56 Å². The number of non-ortho nitro benzene ring substituents is 1. The largest absolute Gasteiger partial charge is 0.394 e. The van der Waals surface area contributed by atoms with E-state index in [0.29, 0.717) is 11.3 Å². The van der Waals surface area contributed by atoms with Gasteiger partial charge in [0.05, 0.1) is 11.5 Å². The molecule has 1 aromatic carbocycles. The lowest BCUT2D eigenvalue weighted by Gasteiger charge is -2.20. The van der Waals surface area contributed by atoms with E-state index in [-0.39, 0.29) is 5.69 Å². The van der Waals surface area contributed by atoms with Crippen LogP contribution in [0.4, 0.5) is 11.4 Å². The Balaban J connectivity index is 2.17. The number of aliphatic hydroxyl groups excluding tert-OH is 4. The molecular weight excluding hydrogens is 296 g/mol. The number of hydrogen-bond acceptors (Lipinski definition) is 8. The van der Waals surface area contributed by atoms with E-state index in [9.17, 15) is 25.4 Å². The van der Waals surface area contributed by atoms with Gasteiger partial charge in [0.1, 0.15) is 24.4 Å². The minimum Gasteiger partial charge on any atom is -0.394 e. The number of nitrogens with zero attached hydrogens (tertiary/aromatic N) is 1.